The second kappa shape index (κ2) is 8.13. The van der Waals surface area contributed by atoms with Crippen LogP contribution in [-0.4, -0.2) is 32.1 Å². The lowest BCUT2D eigenvalue weighted by Gasteiger charge is -2.05. The fourth-order valence-electron chi connectivity index (χ4n) is 1.52. The van der Waals surface area contributed by atoms with E-state index in [1.807, 2.05) is 24.3 Å². The molecule has 1 amide bonds. The number of hydrogen-bond acceptors (Lipinski definition) is 4. The van der Waals surface area contributed by atoms with E-state index in [1.54, 1.807) is 14.0 Å². The molecule has 1 aromatic carbocycles. The number of carbonyl (C=O) groups is 2. The van der Waals surface area contributed by atoms with Crippen molar-refractivity contribution in [2.24, 2.45) is 0 Å². The Morgan fingerprint density at radius 2 is 1.89 bits per heavy atom. The zero-order valence-corrected chi connectivity index (χ0v) is 11.3. The van der Waals surface area contributed by atoms with Crippen molar-refractivity contribution in [3.05, 3.63) is 29.8 Å². The van der Waals surface area contributed by atoms with Crippen LogP contribution in [0.4, 0.5) is 0 Å². The van der Waals surface area contributed by atoms with Gasteiger partial charge in [0.15, 0.2) is 0 Å². The van der Waals surface area contributed by atoms with Crippen molar-refractivity contribution in [1.82, 2.24) is 5.32 Å². The van der Waals surface area contributed by atoms with Crippen molar-refractivity contribution < 1.29 is 19.1 Å². The molecule has 104 valence electrons. The number of methoxy groups -OCH3 is 1. The fourth-order valence-corrected chi connectivity index (χ4v) is 1.52. The molecular weight excluding hydrogens is 246 g/mol. The molecule has 0 bridgehead atoms. The maximum Gasteiger partial charge on any atom is 0.325 e. The van der Waals surface area contributed by atoms with Crippen LogP contribution < -0.4 is 10.1 Å². The van der Waals surface area contributed by atoms with Crippen molar-refractivity contribution in [1.29, 1.82) is 0 Å². The van der Waals surface area contributed by atoms with Crippen LogP contribution in [0.5, 0.6) is 5.75 Å². The molecule has 0 aliphatic heterocycles. The van der Waals surface area contributed by atoms with Gasteiger partial charge in [-0.25, -0.2) is 0 Å². The van der Waals surface area contributed by atoms with Crippen molar-refractivity contribution in [2.45, 2.75) is 19.8 Å². The smallest absolute Gasteiger partial charge is 0.325 e. The van der Waals surface area contributed by atoms with Crippen LogP contribution in [0, 0.1) is 0 Å². The molecule has 0 heterocycles. The number of hydrogen-bond donors (Lipinski definition) is 1. The average Bonchev–Trinajstić information content (AvgIpc) is 2.44. The second-order valence-electron chi connectivity index (χ2n) is 3.93. The summed E-state index contributed by atoms with van der Waals surface area (Å²) in [6.45, 7) is 1.97. The maximum atomic E-state index is 11.5. The first-order chi connectivity index (χ1) is 9.15. The van der Waals surface area contributed by atoms with Crippen molar-refractivity contribution in [3.8, 4) is 5.75 Å². The summed E-state index contributed by atoms with van der Waals surface area (Å²) in [6.07, 6.45) is 0.963. The molecule has 0 radical (unpaired) electrons. The number of carbonyl (C=O) groups excluding carboxylic acids is 2. The number of benzene rings is 1. The Kier molecular flexibility index (Phi) is 6.43. The van der Waals surface area contributed by atoms with Gasteiger partial charge in [0.25, 0.3) is 0 Å². The second-order valence-corrected chi connectivity index (χ2v) is 3.93. The third-order valence-corrected chi connectivity index (χ3v) is 2.54. The third kappa shape index (κ3) is 5.90. The van der Waals surface area contributed by atoms with E-state index >= 15 is 0 Å². The van der Waals surface area contributed by atoms with Crippen LogP contribution in [0.3, 0.4) is 0 Å². The zero-order chi connectivity index (χ0) is 14.1. The standard InChI is InChI=1S/C14H19NO4/c1-3-19-14(17)10-15-13(16)9-6-11-4-7-12(18-2)8-5-11/h4-5,7-8H,3,6,9-10H2,1-2H3,(H,15,16). The topological polar surface area (TPSA) is 64.6 Å². The van der Waals surface area contributed by atoms with E-state index < -0.39 is 5.97 Å². The van der Waals surface area contributed by atoms with Gasteiger partial charge in [-0.05, 0) is 31.0 Å². The fraction of sp³-hybridized carbons (Fsp3) is 0.429. The van der Waals surface area contributed by atoms with E-state index in [-0.39, 0.29) is 12.5 Å². The first kappa shape index (κ1) is 15.0. The largest absolute Gasteiger partial charge is 0.497 e. The van der Waals surface area contributed by atoms with E-state index in [2.05, 4.69) is 5.32 Å². The van der Waals surface area contributed by atoms with Crippen molar-refractivity contribution in [3.63, 3.8) is 0 Å². The van der Waals surface area contributed by atoms with Crippen LogP contribution >= 0.6 is 0 Å². The molecule has 19 heavy (non-hydrogen) atoms. The monoisotopic (exact) mass is 265 g/mol. The minimum Gasteiger partial charge on any atom is -0.497 e. The molecule has 0 aromatic heterocycles. The molecule has 5 nitrogen and oxygen atoms in total. The van der Waals surface area contributed by atoms with E-state index in [4.69, 9.17) is 9.47 Å². The summed E-state index contributed by atoms with van der Waals surface area (Å²) >= 11 is 0. The van der Waals surface area contributed by atoms with Crippen LogP contribution in [0.15, 0.2) is 24.3 Å². The summed E-state index contributed by atoms with van der Waals surface area (Å²) in [5.41, 5.74) is 1.05. The van der Waals surface area contributed by atoms with Crippen LogP contribution in [0.2, 0.25) is 0 Å². The summed E-state index contributed by atoms with van der Waals surface area (Å²) in [7, 11) is 1.61. The lowest BCUT2D eigenvalue weighted by Crippen LogP contribution is -2.30. The summed E-state index contributed by atoms with van der Waals surface area (Å²) in [6, 6.07) is 7.53. The van der Waals surface area contributed by atoms with Crippen LogP contribution in [0.1, 0.15) is 18.9 Å². The number of amides is 1. The molecular formula is C14H19NO4. The zero-order valence-electron chi connectivity index (χ0n) is 11.3. The van der Waals surface area contributed by atoms with Gasteiger partial charge in [0.1, 0.15) is 12.3 Å². The lowest BCUT2D eigenvalue weighted by molar-refractivity contribution is -0.143. The van der Waals surface area contributed by atoms with Crippen molar-refractivity contribution >= 4 is 11.9 Å². The average molecular weight is 265 g/mol. The maximum absolute atomic E-state index is 11.5. The van der Waals surface area contributed by atoms with E-state index in [0.29, 0.717) is 19.4 Å². The molecule has 0 atom stereocenters. The first-order valence-electron chi connectivity index (χ1n) is 6.21. The molecule has 0 spiro atoms. The molecule has 0 unspecified atom stereocenters. The van der Waals surface area contributed by atoms with Crippen LogP contribution in [0.25, 0.3) is 0 Å². The molecule has 0 fully saturated rings. The highest BCUT2D eigenvalue weighted by atomic mass is 16.5. The Bertz CT molecular complexity index is 414. The molecule has 1 N–H and O–H groups in total. The molecule has 0 aliphatic rings. The summed E-state index contributed by atoms with van der Waals surface area (Å²) in [4.78, 5) is 22.5. The number of rotatable bonds is 7. The van der Waals surface area contributed by atoms with Gasteiger partial charge in [0.2, 0.25) is 5.91 Å². The Hall–Kier alpha value is -2.04. The third-order valence-electron chi connectivity index (χ3n) is 2.54. The Morgan fingerprint density at radius 1 is 1.21 bits per heavy atom. The van der Waals surface area contributed by atoms with E-state index in [0.717, 1.165) is 11.3 Å². The molecule has 1 aromatic rings. The molecule has 0 aliphatic carbocycles. The molecule has 0 saturated carbocycles. The van der Waals surface area contributed by atoms with Gasteiger partial charge >= 0.3 is 5.97 Å². The Morgan fingerprint density at radius 3 is 2.47 bits per heavy atom. The van der Waals surface area contributed by atoms with E-state index in [1.165, 1.54) is 0 Å². The minimum atomic E-state index is -0.416. The Labute approximate surface area is 112 Å². The van der Waals surface area contributed by atoms with Gasteiger partial charge in [0, 0.05) is 6.42 Å². The predicted octanol–water partition coefficient (Wildman–Crippen LogP) is 1.31. The number of aryl methyl sites for hydroxylation is 1. The van der Waals surface area contributed by atoms with Crippen LogP contribution in [-0.2, 0) is 20.7 Å². The molecule has 0 saturated heterocycles. The number of esters is 1. The number of ether oxygens (including phenoxy) is 2. The van der Waals surface area contributed by atoms with Gasteiger partial charge in [0.05, 0.1) is 13.7 Å². The Balaban J connectivity index is 2.27. The highest BCUT2D eigenvalue weighted by molar-refractivity contribution is 5.81. The van der Waals surface area contributed by atoms with Gasteiger partial charge in [-0.15, -0.1) is 0 Å². The molecule has 5 heteroatoms. The minimum absolute atomic E-state index is 0.0741. The summed E-state index contributed by atoms with van der Waals surface area (Å²) in [5, 5.41) is 2.52. The predicted molar refractivity (Wildman–Crippen MR) is 71.0 cm³/mol. The summed E-state index contributed by atoms with van der Waals surface area (Å²) in [5.74, 6) is 0.208. The van der Waals surface area contributed by atoms with Crippen molar-refractivity contribution in [2.75, 3.05) is 20.3 Å². The van der Waals surface area contributed by atoms with Gasteiger partial charge < -0.3 is 14.8 Å². The number of nitrogens with one attached hydrogen (secondary N) is 1. The van der Waals surface area contributed by atoms with Gasteiger partial charge in [-0.2, -0.15) is 0 Å². The SMILES string of the molecule is CCOC(=O)CNC(=O)CCc1ccc(OC)cc1. The summed E-state index contributed by atoms with van der Waals surface area (Å²) < 4.78 is 9.77. The van der Waals surface area contributed by atoms with Gasteiger partial charge in [-0.1, -0.05) is 12.1 Å². The highest BCUT2D eigenvalue weighted by Gasteiger charge is 2.06. The first-order valence-corrected chi connectivity index (χ1v) is 6.21. The quantitative estimate of drug-likeness (QED) is 0.755. The normalized spacial score (nSPS) is 9.79. The van der Waals surface area contributed by atoms with Gasteiger partial charge in [-0.3, -0.25) is 9.59 Å². The lowest BCUT2D eigenvalue weighted by atomic mass is 10.1. The highest BCUT2D eigenvalue weighted by Crippen LogP contribution is 2.12. The molecule has 1 rings (SSSR count). The van der Waals surface area contributed by atoms with E-state index in [9.17, 15) is 9.59 Å².